The fourth-order valence-corrected chi connectivity index (χ4v) is 4.43. The molecule has 156 valence electrons. The van der Waals surface area contributed by atoms with Gasteiger partial charge in [-0.25, -0.2) is 4.79 Å². The summed E-state index contributed by atoms with van der Waals surface area (Å²) in [5.41, 5.74) is 6.91. The summed E-state index contributed by atoms with van der Waals surface area (Å²) in [7, 11) is 4.27. The lowest BCUT2D eigenvalue weighted by molar-refractivity contribution is -0.136. The van der Waals surface area contributed by atoms with Gasteiger partial charge in [0.05, 0.1) is 27.2 Å². The molecule has 0 fully saturated rings. The summed E-state index contributed by atoms with van der Waals surface area (Å²) in [5.74, 6) is -0.308. The molecule has 1 aromatic rings. The van der Waals surface area contributed by atoms with Gasteiger partial charge in [0, 0.05) is 28.5 Å². The molecule has 0 bridgehead atoms. The number of ether oxygens (including phenoxy) is 4. The number of hydrogen-bond acceptors (Lipinski definition) is 7. The molecule has 0 spiro atoms. The molecule has 1 heterocycles. The summed E-state index contributed by atoms with van der Waals surface area (Å²) in [6.07, 6.45) is 0.848. The zero-order chi connectivity index (χ0) is 21.5. The van der Waals surface area contributed by atoms with Crippen molar-refractivity contribution < 1.29 is 28.5 Å². The molecule has 8 heteroatoms. The molecule has 0 saturated heterocycles. The van der Waals surface area contributed by atoms with E-state index in [9.17, 15) is 9.59 Å². The number of methoxy groups -OCH3 is 3. The average Bonchev–Trinajstić information content (AvgIpc) is 2.64. The molecule has 7 nitrogen and oxygen atoms in total. The number of nitrogens with two attached hydrogens (primary N) is 1. The first-order valence-electron chi connectivity index (χ1n) is 9.07. The van der Waals surface area contributed by atoms with Crippen LogP contribution in [0.1, 0.15) is 38.2 Å². The highest BCUT2D eigenvalue weighted by Gasteiger charge is 2.46. The van der Waals surface area contributed by atoms with Crippen molar-refractivity contribution in [3.8, 4) is 11.5 Å². The quantitative estimate of drug-likeness (QED) is 0.678. The van der Waals surface area contributed by atoms with Gasteiger partial charge >= 0.3 is 5.97 Å². The van der Waals surface area contributed by atoms with Crippen LogP contribution in [0.3, 0.4) is 0 Å². The van der Waals surface area contributed by atoms with E-state index >= 15 is 0 Å². The Balaban J connectivity index is 2.33. The number of carbonyl (C=O) groups is 2. The first-order chi connectivity index (χ1) is 13.6. The Labute approximate surface area is 177 Å². The maximum absolute atomic E-state index is 13.2. The SMILES string of the molecule is COC(=O)C1=C(N)OC2=C(C(=O)CC(C)(C)C2)C1c1cc(Br)cc(OC)c1OC. The maximum Gasteiger partial charge on any atom is 0.340 e. The second-order valence-electron chi connectivity index (χ2n) is 7.81. The van der Waals surface area contributed by atoms with Gasteiger partial charge < -0.3 is 24.7 Å². The summed E-state index contributed by atoms with van der Waals surface area (Å²) in [6, 6.07) is 3.53. The van der Waals surface area contributed by atoms with Crippen molar-refractivity contribution >= 4 is 27.7 Å². The van der Waals surface area contributed by atoms with Crippen LogP contribution in [0, 0.1) is 5.41 Å². The van der Waals surface area contributed by atoms with Crippen molar-refractivity contribution in [3.05, 3.63) is 45.0 Å². The minimum atomic E-state index is -0.795. The lowest BCUT2D eigenvalue weighted by Gasteiger charge is -2.38. The second kappa shape index (κ2) is 7.74. The standard InChI is InChI=1S/C21H24BrNO6/c1-21(2)8-12(24)16-14(9-21)29-19(23)17(20(25)28-5)15(16)11-6-10(22)7-13(26-3)18(11)27-4/h6-7,15H,8-9,23H2,1-5H3. The van der Waals surface area contributed by atoms with Crippen molar-refractivity contribution in [1.82, 2.24) is 0 Å². The van der Waals surface area contributed by atoms with E-state index in [1.807, 2.05) is 13.8 Å². The van der Waals surface area contributed by atoms with Crippen LogP contribution >= 0.6 is 15.9 Å². The highest BCUT2D eigenvalue weighted by Crippen LogP contribution is 2.51. The first kappa shape index (κ1) is 21.2. The molecule has 1 aromatic carbocycles. The van der Waals surface area contributed by atoms with Crippen LogP contribution < -0.4 is 15.2 Å². The lowest BCUT2D eigenvalue weighted by atomic mass is 9.70. The fraction of sp³-hybridized carbons (Fsp3) is 0.429. The van der Waals surface area contributed by atoms with Gasteiger partial charge in [-0.1, -0.05) is 29.8 Å². The van der Waals surface area contributed by atoms with Gasteiger partial charge in [0.25, 0.3) is 0 Å². The predicted octanol–water partition coefficient (Wildman–Crippen LogP) is 3.57. The highest BCUT2D eigenvalue weighted by molar-refractivity contribution is 9.10. The predicted molar refractivity (Wildman–Crippen MR) is 109 cm³/mol. The van der Waals surface area contributed by atoms with E-state index in [1.165, 1.54) is 21.3 Å². The Morgan fingerprint density at radius 1 is 1.21 bits per heavy atom. The van der Waals surface area contributed by atoms with Crippen LogP contribution in [0.15, 0.2) is 39.4 Å². The van der Waals surface area contributed by atoms with Gasteiger partial charge in [-0.15, -0.1) is 0 Å². The molecule has 1 aliphatic heterocycles. The van der Waals surface area contributed by atoms with E-state index in [1.54, 1.807) is 12.1 Å². The van der Waals surface area contributed by atoms with Gasteiger partial charge in [0.2, 0.25) is 5.88 Å². The van der Waals surface area contributed by atoms with Gasteiger partial charge in [-0.3, -0.25) is 4.79 Å². The molecular weight excluding hydrogens is 442 g/mol. The number of carbonyl (C=O) groups excluding carboxylic acids is 2. The minimum Gasteiger partial charge on any atom is -0.493 e. The third kappa shape index (κ3) is 3.73. The lowest BCUT2D eigenvalue weighted by Crippen LogP contribution is -2.35. The maximum atomic E-state index is 13.2. The van der Waals surface area contributed by atoms with Crippen molar-refractivity contribution in [1.29, 1.82) is 0 Å². The molecule has 2 N–H and O–H groups in total. The van der Waals surface area contributed by atoms with E-state index in [0.717, 1.165) is 0 Å². The zero-order valence-corrected chi connectivity index (χ0v) is 18.6. The summed E-state index contributed by atoms with van der Waals surface area (Å²) < 4.78 is 22.5. The second-order valence-corrected chi connectivity index (χ2v) is 8.73. The molecule has 1 unspecified atom stereocenters. The third-order valence-corrected chi connectivity index (χ3v) is 5.60. The summed E-state index contributed by atoms with van der Waals surface area (Å²) in [4.78, 5) is 25.8. The van der Waals surface area contributed by atoms with Crippen LogP contribution in [0.5, 0.6) is 11.5 Å². The van der Waals surface area contributed by atoms with E-state index in [0.29, 0.717) is 45.7 Å². The number of hydrogen-bond donors (Lipinski definition) is 1. The van der Waals surface area contributed by atoms with Gasteiger partial charge in [-0.05, 0) is 17.5 Å². The minimum absolute atomic E-state index is 0.0674. The number of ketones is 1. The smallest absolute Gasteiger partial charge is 0.340 e. The third-order valence-electron chi connectivity index (χ3n) is 5.14. The first-order valence-corrected chi connectivity index (χ1v) is 9.86. The molecule has 0 amide bonds. The average molecular weight is 466 g/mol. The Bertz CT molecular complexity index is 947. The van der Waals surface area contributed by atoms with Crippen LogP contribution in [0.2, 0.25) is 0 Å². The Morgan fingerprint density at radius 3 is 2.48 bits per heavy atom. The number of allylic oxidation sites excluding steroid dienone is 2. The molecule has 1 atom stereocenters. The van der Waals surface area contributed by atoms with E-state index in [4.69, 9.17) is 24.7 Å². The van der Waals surface area contributed by atoms with Crippen LogP contribution in [-0.2, 0) is 19.1 Å². The molecule has 0 radical (unpaired) electrons. The number of rotatable bonds is 4. The van der Waals surface area contributed by atoms with Crippen molar-refractivity contribution in [2.75, 3.05) is 21.3 Å². The van der Waals surface area contributed by atoms with Crippen molar-refractivity contribution in [3.63, 3.8) is 0 Å². The molecule has 2 aliphatic rings. The largest absolute Gasteiger partial charge is 0.493 e. The van der Waals surface area contributed by atoms with Crippen LogP contribution in [-0.4, -0.2) is 33.1 Å². The number of Topliss-reactive ketones (excluding diaryl/α,β-unsaturated/α-hetero) is 1. The summed E-state index contributed by atoms with van der Waals surface area (Å²) >= 11 is 3.46. The molecule has 0 aromatic heterocycles. The zero-order valence-electron chi connectivity index (χ0n) is 17.1. The summed E-state index contributed by atoms with van der Waals surface area (Å²) in [5, 5.41) is 0. The van der Waals surface area contributed by atoms with E-state index in [-0.39, 0.29) is 22.7 Å². The monoisotopic (exact) mass is 465 g/mol. The molecular formula is C21H24BrNO6. The van der Waals surface area contributed by atoms with Crippen molar-refractivity contribution in [2.45, 2.75) is 32.6 Å². The fourth-order valence-electron chi connectivity index (χ4n) is 3.98. The topological polar surface area (TPSA) is 97.1 Å². The Morgan fingerprint density at radius 2 is 1.90 bits per heavy atom. The van der Waals surface area contributed by atoms with Crippen LogP contribution in [0.25, 0.3) is 0 Å². The molecule has 3 rings (SSSR count). The van der Waals surface area contributed by atoms with Gasteiger partial charge in [0.15, 0.2) is 17.3 Å². The van der Waals surface area contributed by atoms with Gasteiger partial charge in [0.1, 0.15) is 11.3 Å². The van der Waals surface area contributed by atoms with Gasteiger partial charge in [-0.2, -0.15) is 0 Å². The molecule has 0 saturated carbocycles. The number of benzene rings is 1. The summed E-state index contributed by atoms with van der Waals surface area (Å²) in [6.45, 7) is 3.98. The number of esters is 1. The Hall–Kier alpha value is -2.48. The Kier molecular flexibility index (Phi) is 5.67. The molecule has 29 heavy (non-hydrogen) atoms. The molecule has 1 aliphatic carbocycles. The van der Waals surface area contributed by atoms with Crippen molar-refractivity contribution in [2.24, 2.45) is 11.1 Å². The van der Waals surface area contributed by atoms with E-state index in [2.05, 4.69) is 15.9 Å². The highest BCUT2D eigenvalue weighted by atomic mass is 79.9. The normalized spacial score (nSPS) is 20.8. The van der Waals surface area contributed by atoms with Crippen LogP contribution in [0.4, 0.5) is 0 Å². The van der Waals surface area contributed by atoms with E-state index < -0.39 is 11.9 Å². The number of halogens is 1.